The number of benzene rings is 2. The third kappa shape index (κ3) is 4.78. The molecule has 1 N–H and O–H groups in total. The molecular weight excluding hydrogens is 286 g/mol. The molecule has 0 heterocycles. The van der Waals surface area contributed by atoms with Crippen LogP contribution in [-0.2, 0) is 0 Å². The Morgan fingerprint density at radius 2 is 1.83 bits per heavy atom. The van der Waals surface area contributed by atoms with Crippen LogP contribution in [0.1, 0.15) is 54.1 Å². The predicted octanol–water partition coefficient (Wildman–Crippen LogP) is 5.16. The topological polar surface area (TPSA) is 50.1 Å². The number of aryl methyl sites for hydroxylation is 1. The Bertz CT molecular complexity index is 677. The van der Waals surface area contributed by atoms with Gasteiger partial charge in [-0.25, -0.2) is 4.79 Å². The lowest BCUT2D eigenvalue weighted by Crippen LogP contribution is -2.12. The van der Waals surface area contributed by atoms with Gasteiger partial charge >= 0.3 is 5.97 Å². The highest BCUT2D eigenvalue weighted by Crippen LogP contribution is 2.23. The minimum Gasteiger partial charge on any atom is -0.422 e. The zero-order chi connectivity index (χ0) is 16.7. The predicted molar refractivity (Wildman–Crippen MR) is 93.6 cm³/mol. The van der Waals surface area contributed by atoms with E-state index in [-0.39, 0.29) is 0 Å². The second-order valence-electron chi connectivity index (χ2n) is 5.69. The first-order valence-electron chi connectivity index (χ1n) is 8.07. The molecule has 0 aliphatic heterocycles. The van der Waals surface area contributed by atoms with Crippen LogP contribution in [0.25, 0.3) is 0 Å². The van der Waals surface area contributed by atoms with Crippen molar-refractivity contribution in [2.45, 2.75) is 39.5 Å². The van der Waals surface area contributed by atoms with Crippen LogP contribution in [0.15, 0.2) is 48.5 Å². The Hall–Kier alpha value is -2.42. The highest BCUT2D eigenvalue weighted by atomic mass is 16.5. The van der Waals surface area contributed by atoms with Crippen LogP contribution in [0.4, 0.5) is 0 Å². The van der Waals surface area contributed by atoms with Crippen molar-refractivity contribution in [3.05, 3.63) is 65.2 Å². The molecule has 3 nitrogen and oxygen atoms in total. The van der Waals surface area contributed by atoms with E-state index in [1.54, 1.807) is 30.3 Å². The van der Waals surface area contributed by atoms with Crippen LogP contribution >= 0.6 is 0 Å². The fraction of sp³-hybridized carbons (Fsp3) is 0.300. The number of nitrogens with one attached hydrogen (secondary N) is 1. The molecule has 0 amide bonds. The Labute approximate surface area is 137 Å². The maximum Gasteiger partial charge on any atom is 0.343 e. The van der Waals surface area contributed by atoms with Gasteiger partial charge in [-0.3, -0.25) is 0 Å². The summed E-state index contributed by atoms with van der Waals surface area (Å²) < 4.78 is 5.53. The monoisotopic (exact) mass is 309 g/mol. The molecule has 0 bridgehead atoms. The van der Waals surface area contributed by atoms with Gasteiger partial charge in [-0.05, 0) is 44.0 Å². The molecule has 2 rings (SSSR count). The third-order valence-electron chi connectivity index (χ3n) is 3.70. The number of rotatable bonds is 7. The fourth-order valence-electron chi connectivity index (χ4n) is 2.39. The molecule has 0 unspecified atom stereocenters. The second kappa shape index (κ2) is 8.28. The molecule has 0 fully saturated rings. The lowest BCUT2D eigenvalue weighted by Gasteiger charge is -2.12. The summed E-state index contributed by atoms with van der Waals surface area (Å²) in [4.78, 5) is 12.2. The summed E-state index contributed by atoms with van der Waals surface area (Å²) in [5.74, 6) is 0.0722. The molecule has 0 aliphatic rings. The summed E-state index contributed by atoms with van der Waals surface area (Å²) in [6, 6.07) is 14.5. The number of carbonyl (C=O) groups excluding carboxylic acids is 1. The van der Waals surface area contributed by atoms with Crippen LogP contribution in [0, 0.1) is 12.3 Å². The molecule has 0 aromatic heterocycles. The molecule has 23 heavy (non-hydrogen) atoms. The standard InChI is InChI=1S/C20H23NO2/c1-3-4-6-11-18(21)17-14-15(2)12-13-19(17)23-20(22)16-9-7-5-8-10-16/h5,7-10,12-14,21H,3-4,6,11H2,1-2H3. The normalized spacial score (nSPS) is 10.3. The summed E-state index contributed by atoms with van der Waals surface area (Å²) in [7, 11) is 0. The van der Waals surface area contributed by atoms with Gasteiger partial charge < -0.3 is 10.1 Å². The van der Waals surface area contributed by atoms with Crippen LogP contribution in [0.5, 0.6) is 5.75 Å². The largest absolute Gasteiger partial charge is 0.422 e. The maximum atomic E-state index is 12.2. The Kier molecular flexibility index (Phi) is 6.10. The van der Waals surface area contributed by atoms with E-state index in [1.165, 1.54) is 0 Å². The Morgan fingerprint density at radius 1 is 1.09 bits per heavy atom. The van der Waals surface area contributed by atoms with Crippen LogP contribution in [-0.4, -0.2) is 11.7 Å². The number of esters is 1. The van der Waals surface area contributed by atoms with E-state index in [2.05, 4.69) is 6.92 Å². The van der Waals surface area contributed by atoms with Gasteiger partial charge in [0.2, 0.25) is 0 Å². The van der Waals surface area contributed by atoms with E-state index < -0.39 is 5.97 Å². The van der Waals surface area contributed by atoms with E-state index in [0.29, 0.717) is 29.0 Å². The van der Waals surface area contributed by atoms with Crippen molar-refractivity contribution in [3.8, 4) is 5.75 Å². The van der Waals surface area contributed by atoms with Gasteiger partial charge in [0.25, 0.3) is 0 Å². The van der Waals surface area contributed by atoms with Crippen LogP contribution in [0.2, 0.25) is 0 Å². The van der Waals surface area contributed by atoms with Crippen molar-refractivity contribution in [2.75, 3.05) is 0 Å². The number of carbonyl (C=O) groups is 1. The highest BCUT2D eigenvalue weighted by Gasteiger charge is 2.14. The lowest BCUT2D eigenvalue weighted by atomic mass is 10.0. The SMILES string of the molecule is CCCCCC(=N)c1cc(C)ccc1OC(=O)c1ccccc1. The van der Waals surface area contributed by atoms with Gasteiger partial charge in [0, 0.05) is 11.3 Å². The first kappa shape index (κ1) is 16.9. The van der Waals surface area contributed by atoms with Crippen LogP contribution < -0.4 is 4.74 Å². The Morgan fingerprint density at radius 3 is 2.52 bits per heavy atom. The molecule has 0 saturated heterocycles. The molecule has 0 aliphatic carbocycles. The number of unbranched alkanes of at least 4 members (excludes halogenated alkanes) is 2. The number of ether oxygens (including phenoxy) is 1. The smallest absolute Gasteiger partial charge is 0.343 e. The summed E-state index contributed by atoms with van der Waals surface area (Å²) in [6.45, 7) is 4.12. The van der Waals surface area contributed by atoms with E-state index in [0.717, 1.165) is 24.8 Å². The van der Waals surface area contributed by atoms with E-state index >= 15 is 0 Å². The highest BCUT2D eigenvalue weighted by molar-refractivity contribution is 6.02. The average Bonchev–Trinajstić information content (AvgIpc) is 2.57. The number of hydrogen-bond acceptors (Lipinski definition) is 3. The van der Waals surface area contributed by atoms with Gasteiger partial charge in [-0.15, -0.1) is 0 Å². The van der Waals surface area contributed by atoms with Crippen molar-refractivity contribution in [3.63, 3.8) is 0 Å². The first-order valence-corrected chi connectivity index (χ1v) is 8.07. The minimum atomic E-state index is -0.392. The fourth-order valence-corrected chi connectivity index (χ4v) is 2.39. The molecule has 2 aromatic rings. The molecule has 0 atom stereocenters. The lowest BCUT2D eigenvalue weighted by molar-refractivity contribution is 0.0734. The van der Waals surface area contributed by atoms with Crippen molar-refractivity contribution < 1.29 is 9.53 Å². The van der Waals surface area contributed by atoms with E-state index in [4.69, 9.17) is 10.1 Å². The average molecular weight is 309 g/mol. The van der Waals surface area contributed by atoms with Crippen molar-refractivity contribution in [2.24, 2.45) is 0 Å². The summed E-state index contributed by atoms with van der Waals surface area (Å²) >= 11 is 0. The molecular formula is C20H23NO2. The van der Waals surface area contributed by atoms with Gasteiger partial charge in [0.1, 0.15) is 5.75 Å². The van der Waals surface area contributed by atoms with E-state index in [1.807, 2.05) is 25.1 Å². The van der Waals surface area contributed by atoms with Crippen molar-refractivity contribution in [1.29, 1.82) is 5.41 Å². The quantitative estimate of drug-likeness (QED) is 0.332. The number of hydrogen-bond donors (Lipinski definition) is 1. The third-order valence-corrected chi connectivity index (χ3v) is 3.70. The Balaban J connectivity index is 2.18. The van der Waals surface area contributed by atoms with Crippen LogP contribution in [0.3, 0.4) is 0 Å². The maximum absolute atomic E-state index is 12.2. The first-order chi connectivity index (χ1) is 11.1. The molecule has 3 heteroatoms. The summed E-state index contributed by atoms with van der Waals surface area (Å²) in [5, 5.41) is 8.30. The van der Waals surface area contributed by atoms with Crippen molar-refractivity contribution in [1.82, 2.24) is 0 Å². The molecule has 0 spiro atoms. The van der Waals surface area contributed by atoms with E-state index in [9.17, 15) is 4.79 Å². The summed E-state index contributed by atoms with van der Waals surface area (Å²) in [5.41, 5.74) is 2.81. The molecule has 120 valence electrons. The van der Waals surface area contributed by atoms with Gasteiger partial charge in [0.05, 0.1) is 5.56 Å². The molecule has 2 aromatic carbocycles. The minimum absolute atomic E-state index is 0.392. The van der Waals surface area contributed by atoms with Gasteiger partial charge in [-0.2, -0.15) is 0 Å². The summed E-state index contributed by atoms with van der Waals surface area (Å²) in [6.07, 6.45) is 3.91. The molecule has 0 radical (unpaired) electrons. The zero-order valence-electron chi connectivity index (χ0n) is 13.8. The van der Waals surface area contributed by atoms with Gasteiger partial charge in [-0.1, -0.05) is 49.6 Å². The van der Waals surface area contributed by atoms with Crippen molar-refractivity contribution >= 4 is 11.7 Å². The van der Waals surface area contributed by atoms with Gasteiger partial charge in [0.15, 0.2) is 0 Å². The molecule has 0 saturated carbocycles. The second-order valence-corrected chi connectivity index (χ2v) is 5.69. The zero-order valence-corrected chi connectivity index (χ0v) is 13.8.